The number of tetrazole rings is 1. The molecular formula is C22H25N9. The van der Waals surface area contributed by atoms with Crippen molar-refractivity contribution in [2.75, 3.05) is 36.0 Å². The third kappa shape index (κ3) is 3.11. The highest BCUT2D eigenvalue weighted by atomic mass is 15.5. The average molecular weight is 416 g/mol. The summed E-state index contributed by atoms with van der Waals surface area (Å²) in [7, 11) is 2.10. The molecule has 0 bridgehead atoms. The van der Waals surface area contributed by atoms with E-state index in [1.165, 1.54) is 25.7 Å². The van der Waals surface area contributed by atoms with Gasteiger partial charge in [0, 0.05) is 38.8 Å². The summed E-state index contributed by atoms with van der Waals surface area (Å²) in [5.74, 6) is 2.54. The summed E-state index contributed by atoms with van der Waals surface area (Å²) in [6, 6.07) is 10.5. The highest BCUT2D eigenvalue weighted by Gasteiger charge is 2.24. The first-order valence-electron chi connectivity index (χ1n) is 11.0. The molecular weight excluding hydrogens is 390 g/mol. The fourth-order valence-electron chi connectivity index (χ4n) is 4.75. The van der Waals surface area contributed by atoms with Crippen LogP contribution in [0.4, 0.5) is 11.8 Å². The number of hydrogen-bond acceptors (Lipinski definition) is 7. The van der Waals surface area contributed by atoms with E-state index in [9.17, 15) is 0 Å². The van der Waals surface area contributed by atoms with E-state index in [0.717, 1.165) is 65.8 Å². The van der Waals surface area contributed by atoms with E-state index in [-0.39, 0.29) is 0 Å². The lowest BCUT2D eigenvalue weighted by Gasteiger charge is -2.21. The van der Waals surface area contributed by atoms with Gasteiger partial charge in [0.2, 0.25) is 11.8 Å². The summed E-state index contributed by atoms with van der Waals surface area (Å²) >= 11 is 0. The number of nitrogens with one attached hydrogen (secondary N) is 1. The van der Waals surface area contributed by atoms with Gasteiger partial charge in [-0.1, -0.05) is 24.3 Å². The first-order valence-corrected chi connectivity index (χ1v) is 11.0. The van der Waals surface area contributed by atoms with Gasteiger partial charge in [0.05, 0.1) is 11.1 Å². The van der Waals surface area contributed by atoms with Gasteiger partial charge in [0.25, 0.3) is 0 Å². The fraction of sp³-hybridized carbons (Fsp3) is 0.409. The predicted octanol–water partition coefficient (Wildman–Crippen LogP) is 3.02. The largest absolute Gasteiger partial charge is 0.356 e. The summed E-state index contributed by atoms with van der Waals surface area (Å²) in [5.41, 5.74) is 4.19. The number of rotatable bonds is 4. The maximum Gasteiger partial charge on any atom is 0.229 e. The standard InChI is InChI=1S/C22H25N9/c1-29-18(15-6-8-16(9-7-15)19-25-27-28-26-19)14-17-20(29)23-22(31-12-4-5-13-31)24-21(17)30-10-2-3-11-30/h6-9,14H,2-5,10-13H2,1H3,(H,25,26,27,28). The SMILES string of the molecule is Cn1c(-c2ccc(-c3nn[nH]n3)cc2)cc2c(N3CCCC3)nc(N3CCCC3)nc21. The molecule has 9 nitrogen and oxygen atoms in total. The molecule has 0 aliphatic carbocycles. The van der Waals surface area contributed by atoms with E-state index in [1.807, 2.05) is 12.1 Å². The van der Waals surface area contributed by atoms with Crippen LogP contribution in [-0.4, -0.2) is 61.3 Å². The quantitative estimate of drug-likeness (QED) is 0.548. The van der Waals surface area contributed by atoms with Crippen molar-refractivity contribution in [1.29, 1.82) is 0 Å². The van der Waals surface area contributed by atoms with Crippen LogP contribution in [0.1, 0.15) is 25.7 Å². The molecule has 4 aromatic rings. The van der Waals surface area contributed by atoms with Gasteiger partial charge >= 0.3 is 0 Å². The van der Waals surface area contributed by atoms with Gasteiger partial charge in [-0.15, -0.1) is 10.2 Å². The molecule has 1 N–H and O–H groups in total. The number of fused-ring (bicyclic) bond motifs is 1. The van der Waals surface area contributed by atoms with Gasteiger partial charge in [0.15, 0.2) is 0 Å². The zero-order valence-electron chi connectivity index (χ0n) is 17.6. The molecule has 158 valence electrons. The first kappa shape index (κ1) is 18.3. The van der Waals surface area contributed by atoms with E-state index in [2.05, 4.69) is 60.2 Å². The minimum Gasteiger partial charge on any atom is -0.356 e. The normalized spacial score (nSPS) is 16.7. The van der Waals surface area contributed by atoms with Gasteiger partial charge in [0.1, 0.15) is 11.5 Å². The Bertz CT molecular complexity index is 1200. The van der Waals surface area contributed by atoms with Crippen molar-refractivity contribution >= 4 is 22.8 Å². The van der Waals surface area contributed by atoms with Crippen LogP contribution in [0.2, 0.25) is 0 Å². The lowest BCUT2D eigenvalue weighted by Crippen LogP contribution is -2.24. The minimum absolute atomic E-state index is 0.598. The molecule has 0 atom stereocenters. The summed E-state index contributed by atoms with van der Waals surface area (Å²) in [5, 5.41) is 15.4. The smallest absolute Gasteiger partial charge is 0.229 e. The molecule has 31 heavy (non-hydrogen) atoms. The highest BCUT2D eigenvalue weighted by molar-refractivity contribution is 5.94. The molecule has 0 saturated carbocycles. The second-order valence-electron chi connectivity index (χ2n) is 8.37. The van der Waals surface area contributed by atoms with Crippen LogP contribution < -0.4 is 9.80 Å². The lowest BCUT2D eigenvalue weighted by molar-refractivity contribution is 0.870. The minimum atomic E-state index is 0.598. The van der Waals surface area contributed by atoms with Crippen molar-refractivity contribution in [3.8, 4) is 22.6 Å². The van der Waals surface area contributed by atoms with E-state index in [0.29, 0.717) is 5.82 Å². The molecule has 3 aromatic heterocycles. The van der Waals surface area contributed by atoms with Crippen LogP contribution in [0.15, 0.2) is 30.3 Å². The van der Waals surface area contributed by atoms with E-state index >= 15 is 0 Å². The fourth-order valence-corrected chi connectivity index (χ4v) is 4.75. The molecule has 0 unspecified atom stereocenters. The molecule has 2 saturated heterocycles. The lowest BCUT2D eigenvalue weighted by atomic mass is 10.1. The van der Waals surface area contributed by atoms with Crippen LogP contribution in [-0.2, 0) is 7.05 Å². The van der Waals surface area contributed by atoms with Crippen LogP contribution >= 0.6 is 0 Å². The third-order valence-electron chi connectivity index (χ3n) is 6.43. The van der Waals surface area contributed by atoms with E-state index in [1.54, 1.807) is 0 Å². The van der Waals surface area contributed by atoms with Gasteiger partial charge in [-0.3, -0.25) is 0 Å². The second-order valence-corrected chi connectivity index (χ2v) is 8.37. The number of H-pyrrole nitrogens is 1. The van der Waals surface area contributed by atoms with Crippen LogP contribution in [0.5, 0.6) is 0 Å². The number of benzene rings is 1. The summed E-state index contributed by atoms with van der Waals surface area (Å²) < 4.78 is 2.19. The van der Waals surface area contributed by atoms with Crippen molar-refractivity contribution in [3.63, 3.8) is 0 Å². The Hall–Kier alpha value is -3.49. The molecule has 2 aliphatic rings. The van der Waals surface area contributed by atoms with E-state index in [4.69, 9.17) is 9.97 Å². The molecule has 0 spiro atoms. The Kier molecular flexibility index (Phi) is 4.33. The first-order chi connectivity index (χ1) is 15.3. The number of aromatic amines is 1. The molecule has 5 heterocycles. The Balaban J connectivity index is 1.46. The van der Waals surface area contributed by atoms with Crippen molar-refractivity contribution in [2.24, 2.45) is 7.05 Å². The zero-order valence-corrected chi connectivity index (χ0v) is 17.6. The second kappa shape index (κ2) is 7.33. The van der Waals surface area contributed by atoms with Gasteiger partial charge in [-0.25, -0.2) is 0 Å². The average Bonchev–Trinajstić information content (AvgIpc) is 3.62. The van der Waals surface area contributed by atoms with Gasteiger partial charge in [-0.05, 0) is 42.5 Å². The Morgan fingerprint density at radius 1 is 0.839 bits per heavy atom. The molecule has 0 amide bonds. The number of nitrogens with zero attached hydrogens (tertiary/aromatic N) is 8. The molecule has 2 fully saturated rings. The topological polar surface area (TPSA) is 91.7 Å². The molecule has 1 aromatic carbocycles. The zero-order chi connectivity index (χ0) is 20.8. The number of anilines is 2. The number of aromatic nitrogens is 7. The van der Waals surface area contributed by atoms with E-state index < -0.39 is 0 Å². The highest BCUT2D eigenvalue weighted by Crippen LogP contribution is 2.35. The van der Waals surface area contributed by atoms with Gasteiger partial charge in [-0.2, -0.15) is 15.2 Å². The summed E-state index contributed by atoms with van der Waals surface area (Å²) in [6.07, 6.45) is 4.88. The van der Waals surface area contributed by atoms with Crippen molar-refractivity contribution in [1.82, 2.24) is 35.2 Å². The van der Waals surface area contributed by atoms with Crippen LogP contribution in [0.25, 0.3) is 33.7 Å². The molecule has 9 heteroatoms. The van der Waals surface area contributed by atoms with Crippen molar-refractivity contribution < 1.29 is 0 Å². The maximum atomic E-state index is 5.06. The Labute approximate surface area is 180 Å². The Morgan fingerprint density at radius 3 is 2.19 bits per heavy atom. The Morgan fingerprint density at radius 2 is 1.52 bits per heavy atom. The summed E-state index contributed by atoms with van der Waals surface area (Å²) in [6.45, 7) is 4.21. The monoisotopic (exact) mass is 415 g/mol. The van der Waals surface area contributed by atoms with Crippen LogP contribution in [0, 0.1) is 0 Å². The molecule has 6 rings (SSSR count). The van der Waals surface area contributed by atoms with Crippen molar-refractivity contribution in [3.05, 3.63) is 30.3 Å². The van der Waals surface area contributed by atoms with Crippen LogP contribution in [0.3, 0.4) is 0 Å². The maximum absolute atomic E-state index is 5.06. The van der Waals surface area contributed by atoms with Crippen molar-refractivity contribution in [2.45, 2.75) is 25.7 Å². The number of hydrogen-bond donors (Lipinski definition) is 1. The van der Waals surface area contributed by atoms with Gasteiger partial charge < -0.3 is 14.4 Å². The molecule has 2 aliphatic heterocycles. The predicted molar refractivity (Wildman–Crippen MR) is 120 cm³/mol. The summed E-state index contributed by atoms with van der Waals surface area (Å²) in [4.78, 5) is 14.8. The number of aryl methyl sites for hydroxylation is 1. The molecule has 0 radical (unpaired) electrons. The third-order valence-corrected chi connectivity index (χ3v) is 6.43.